The van der Waals surface area contributed by atoms with Crippen LogP contribution in [-0.2, 0) is 6.54 Å². The summed E-state index contributed by atoms with van der Waals surface area (Å²) in [4.78, 5) is 23.1. The van der Waals surface area contributed by atoms with Gasteiger partial charge in [-0.05, 0) is 25.1 Å². The largest absolute Gasteiger partial charge is 0.307 e. The summed E-state index contributed by atoms with van der Waals surface area (Å²) in [6.45, 7) is 1.87. The number of aryl methyl sites for hydroxylation is 1. The predicted octanol–water partition coefficient (Wildman–Crippen LogP) is 4.71. The molecule has 27 heavy (non-hydrogen) atoms. The molecule has 0 spiro atoms. The zero-order valence-electron chi connectivity index (χ0n) is 14.1. The fourth-order valence-corrected chi connectivity index (χ4v) is 3.05. The molecular weight excluding hydrogens is 391 g/mol. The molecule has 0 saturated carbocycles. The second kappa shape index (κ2) is 7.77. The first kappa shape index (κ1) is 18.9. The molecule has 1 amide bonds. The van der Waals surface area contributed by atoms with Crippen LogP contribution in [0.4, 0.5) is 11.5 Å². The number of aromatic nitrogens is 2. The number of nitrogens with zero attached hydrogens (tertiary/aromatic N) is 3. The number of hydrogen-bond donors (Lipinski definition) is 1. The Kier molecular flexibility index (Phi) is 5.43. The second-order valence-corrected chi connectivity index (χ2v) is 6.60. The lowest BCUT2D eigenvalue weighted by Crippen LogP contribution is -2.16. The zero-order chi connectivity index (χ0) is 19.6. The Labute approximate surface area is 164 Å². The zero-order valence-corrected chi connectivity index (χ0v) is 15.7. The lowest BCUT2D eigenvalue weighted by atomic mass is 10.1. The van der Waals surface area contributed by atoms with Crippen LogP contribution >= 0.6 is 23.2 Å². The van der Waals surface area contributed by atoms with Gasteiger partial charge in [-0.15, -0.1) is 0 Å². The lowest BCUT2D eigenvalue weighted by Gasteiger charge is -2.11. The van der Waals surface area contributed by atoms with Gasteiger partial charge in [0.05, 0.1) is 17.7 Å². The van der Waals surface area contributed by atoms with E-state index in [-0.39, 0.29) is 17.8 Å². The maximum atomic E-state index is 12.5. The summed E-state index contributed by atoms with van der Waals surface area (Å²) >= 11 is 12.4. The number of nitro benzene ring substituents is 1. The normalized spacial score (nSPS) is 10.6. The maximum absolute atomic E-state index is 12.5. The molecular formula is C18H14Cl2N4O3. The third kappa shape index (κ3) is 4.10. The van der Waals surface area contributed by atoms with Gasteiger partial charge < -0.3 is 5.32 Å². The predicted molar refractivity (Wildman–Crippen MR) is 104 cm³/mol. The maximum Gasteiger partial charge on any atom is 0.273 e. The SMILES string of the molecule is Cc1ccc(C(=O)Nc2ccnn2Cc2c(Cl)cccc2Cl)cc1[N+](=O)[O-]. The molecule has 9 heteroatoms. The highest BCUT2D eigenvalue weighted by Crippen LogP contribution is 2.26. The molecule has 1 heterocycles. The number of carbonyl (C=O) groups excluding carboxylic acids is 1. The minimum absolute atomic E-state index is 0.112. The van der Waals surface area contributed by atoms with Crippen molar-refractivity contribution in [1.29, 1.82) is 0 Å². The minimum atomic E-state index is -0.518. The Balaban J connectivity index is 1.84. The van der Waals surface area contributed by atoms with Gasteiger partial charge >= 0.3 is 0 Å². The van der Waals surface area contributed by atoms with Gasteiger partial charge in [-0.3, -0.25) is 14.9 Å². The molecule has 0 aliphatic rings. The molecule has 0 unspecified atom stereocenters. The molecule has 1 aromatic heterocycles. The van der Waals surface area contributed by atoms with E-state index in [9.17, 15) is 14.9 Å². The van der Waals surface area contributed by atoms with Gasteiger partial charge in [0.15, 0.2) is 0 Å². The molecule has 138 valence electrons. The molecule has 0 bridgehead atoms. The van der Waals surface area contributed by atoms with E-state index in [4.69, 9.17) is 23.2 Å². The third-order valence-electron chi connectivity index (χ3n) is 4.00. The van der Waals surface area contributed by atoms with Gasteiger partial charge in [0, 0.05) is 38.9 Å². The smallest absolute Gasteiger partial charge is 0.273 e. The van der Waals surface area contributed by atoms with Crippen LogP contribution in [0.3, 0.4) is 0 Å². The molecule has 3 rings (SSSR count). The van der Waals surface area contributed by atoms with Crippen molar-refractivity contribution in [2.24, 2.45) is 0 Å². The van der Waals surface area contributed by atoms with Crippen LogP contribution in [0.2, 0.25) is 10.0 Å². The van der Waals surface area contributed by atoms with Crippen molar-refractivity contribution in [2.45, 2.75) is 13.5 Å². The fourth-order valence-electron chi connectivity index (χ4n) is 2.53. The summed E-state index contributed by atoms with van der Waals surface area (Å²) in [5, 5.41) is 18.9. The Hall–Kier alpha value is -2.90. The van der Waals surface area contributed by atoms with Crippen LogP contribution in [0.5, 0.6) is 0 Å². The highest BCUT2D eigenvalue weighted by molar-refractivity contribution is 6.36. The Morgan fingerprint density at radius 1 is 1.22 bits per heavy atom. The van der Waals surface area contributed by atoms with Gasteiger partial charge in [-0.1, -0.05) is 35.3 Å². The second-order valence-electron chi connectivity index (χ2n) is 5.79. The van der Waals surface area contributed by atoms with Crippen molar-refractivity contribution in [3.63, 3.8) is 0 Å². The monoisotopic (exact) mass is 404 g/mol. The van der Waals surface area contributed by atoms with Gasteiger partial charge in [0.2, 0.25) is 0 Å². The number of nitro groups is 1. The van der Waals surface area contributed by atoms with Gasteiger partial charge in [0.25, 0.3) is 11.6 Å². The summed E-state index contributed by atoms with van der Waals surface area (Å²) in [6, 6.07) is 11.1. The Bertz CT molecular complexity index is 1010. The average molecular weight is 405 g/mol. The van der Waals surface area contributed by atoms with Crippen LogP contribution in [0.15, 0.2) is 48.7 Å². The van der Waals surface area contributed by atoms with Crippen molar-refractivity contribution in [1.82, 2.24) is 9.78 Å². The average Bonchev–Trinajstić information content (AvgIpc) is 3.05. The highest BCUT2D eigenvalue weighted by Gasteiger charge is 2.17. The minimum Gasteiger partial charge on any atom is -0.307 e. The quantitative estimate of drug-likeness (QED) is 0.492. The number of hydrogen-bond acceptors (Lipinski definition) is 4. The highest BCUT2D eigenvalue weighted by atomic mass is 35.5. The van der Waals surface area contributed by atoms with Crippen LogP contribution < -0.4 is 5.32 Å². The van der Waals surface area contributed by atoms with Crippen molar-refractivity contribution >= 4 is 40.6 Å². The lowest BCUT2D eigenvalue weighted by molar-refractivity contribution is -0.385. The van der Waals surface area contributed by atoms with Crippen molar-refractivity contribution in [3.05, 3.63) is 85.5 Å². The van der Waals surface area contributed by atoms with Crippen LogP contribution in [-0.4, -0.2) is 20.6 Å². The first-order valence-corrected chi connectivity index (χ1v) is 8.63. The van der Waals surface area contributed by atoms with Crippen LogP contribution in [0, 0.1) is 17.0 Å². The molecule has 3 aromatic rings. The van der Waals surface area contributed by atoms with Gasteiger partial charge in [-0.2, -0.15) is 5.10 Å². The van der Waals surface area contributed by atoms with E-state index in [1.54, 1.807) is 31.2 Å². The van der Waals surface area contributed by atoms with E-state index in [2.05, 4.69) is 10.4 Å². The molecule has 0 aliphatic carbocycles. The van der Waals surface area contributed by atoms with E-state index in [1.165, 1.54) is 29.1 Å². The van der Waals surface area contributed by atoms with E-state index >= 15 is 0 Å². The Morgan fingerprint density at radius 3 is 2.59 bits per heavy atom. The molecule has 1 N–H and O–H groups in total. The number of nitrogens with one attached hydrogen (secondary N) is 1. The molecule has 0 saturated heterocycles. The number of anilines is 1. The van der Waals surface area contributed by atoms with E-state index in [0.717, 1.165) is 0 Å². The van der Waals surface area contributed by atoms with Gasteiger partial charge in [0.1, 0.15) is 5.82 Å². The fraction of sp³-hybridized carbons (Fsp3) is 0.111. The molecule has 0 aliphatic heterocycles. The molecule has 0 atom stereocenters. The van der Waals surface area contributed by atoms with Crippen molar-refractivity contribution in [2.75, 3.05) is 5.32 Å². The summed E-state index contributed by atoms with van der Waals surface area (Å²) in [5.74, 6) is -0.0654. The standard InChI is InChI=1S/C18H14Cl2N4O3/c1-11-5-6-12(9-16(11)24(26)27)18(25)22-17-7-8-21-23(17)10-13-14(19)3-2-4-15(13)20/h2-9H,10H2,1H3,(H,22,25). The van der Waals surface area contributed by atoms with E-state index in [1.807, 2.05) is 0 Å². The van der Waals surface area contributed by atoms with Crippen molar-refractivity contribution in [3.8, 4) is 0 Å². The third-order valence-corrected chi connectivity index (χ3v) is 4.70. The summed E-state index contributed by atoms with van der Waals surface area (Å²) in [7, 11) is 0. The van der Waals surface area contributed by atoms with E-state index in [0.29, 0.717) is 27.0 Å². The van der Waals surface area contributed by atoms with E-state index < -0.39 is 10.8 Å². The molecule has 0 fully saturated rings. The summed E-state index contributed by atoms with van der Waals surface area (Å²) in [6.07, 6.45) is 1.53. The van der Waals surface area contributed by atoms with Crippen molar-refractivity contribution < 1.29 is 9.72 Å². The summed E-state index contributed by atoms with van der Waals surface area (Å²) in [5.41, 5.74) is 1.22. The van der Waals surface area contributed by atoms with Gasteiger partial charge in [-0.25, -0.2) is 4.68 Å². The van der Waals surface area contributed by atoms with Crippen LogP contribution in [0.25, 0.3) is 0 Å². The topological polar surface area (TPSA) is 90.1 Å². The molecule has 7 nitrogen and oxygen atoms in total. The first-order chi connectivity index (χ1) is 12.9. The number of carbonyl (C=O) groups is 1. The number of rotatable bonds is 5. The molecule has 0 radical (unpaired) electrons. The number of benzene rings is 2. The summed E-state index contributed by atoms with van der Waals surface area (Å²) < 4.78 is 1.54. The molecule has 2 aromatic carbocycles. The van der Waals surface area contributed by atoms with Crippen LogP contribution in [0.1, 0.15) is 21.5 Å². The first-order valence-electron chi connectivity index (χ1n) is 7.88. The number of halogens is 2. The number of amides is 1. The Morgan fingerprint density at radius 2 is 1.93 bits per heavy atom.